The number of nitrogens with two attached hydrogens (primary N) is 1. The molecule has 0 saturated carbocycles. The van der Waals surface area contributed by atoms with Gasteiger partial charge in [-0.1, -0.05) is 18.5 Å². The van der Waals surface area contributed by atoms with Gasteiger partial charge in [-0.05, 0) is 30.5 Å². The van der Waals surface area contributed by atoms with Crippen LogP contribution in [-0.4, -0.2) is 29.9 Å². The number of rotatable bonds is 1. The van der Waals surface area contributed by atoms with Gasteiger partial charge < -0.3 is 10.6 Å². The Balaban J connectivity index is 0.00000180. The second-order valence-corrected chi connectivity index (χ2v) is 5.24. The number of hydrogen-bond acceptors (Lipinski definition) is 2. The average Bonchev–Trinajstić information content (AvgIpc) is 2.32. The fourth-order valence-corrected chi connectivity index (χ4v) is 2.34. The molecular formula is C13H17Cl2FN2O. The lowest BCUT2D eigenvalue weighted by Crippen LogP contribution is -2.48. The number of carbonyl (C=O) groups is 1. The Bertz CT molecular complexity index is 470. The molecule has 2 atom stereocenters. The van der Waals surface area contributed by atoms with Crippen LogP contribution >= 0.6 is 24.0 Å². The standard InChI is InChI=1S/C13H16ClFN2O.ClH/c1-8-7-17(5-4-12(8)16)13(18)10-3-2-9(14)6-11(10)15;/h2-3,6,8,12H,4-5,7,16H2,1H3;1H. The molecule has 0 bridgehead atoms. The van der Waals surface area contributed by atoms with Crippen LogP contribution in [0.25, 0.3) is 0 Å². The number of piperidine rings is 1. The smallest absolute Gasteiger partial charge is 0.256 e. The molecule has 1 fully saturated rings. The molecule has 0 aromatic heterocycles. The minimum atomic E-state index is -0.574. The third kappa shape index (κ3) is 3.59. The Morgan fingerprint density at radius 2 is 2.21 bits per heavy atom. The molecule has 1 aliphatic heterocycles. The highest BCUT2D eigenvalue weighted by Gasteiger charge is 2.28. The number of halogens is 3. The predicted molar refractivity (Wildman–Crippen MR) is 76.3 cm³/mol. The van der Waals surface area contributed by atoms with Crippen LogP contribution in [0.2, 0.25) is 5.02 Å². The highest BCUT2D eigenvalue weighted by molar-refractivity contribution is 6.30. The van der Waals surface area contributed by atoms with E-state index >= 15 is 0 Å². The van der Waals surface area contributed by atoms with E-state index in [-0.39, 0.29) is 40.9 Å². The molecule has 0 spiro atoms. The van der Waals surface area contributed by atoms with Crippen LogP contribution in [0, 0.1) is 11.7 Å². The Morgan fingerprint density at radius 3 is 2.79 bits per heavy atom. The third-order valence-corrected chi connectivity index (χ3v) is 3.66. The summed E-state index contributed by atoms with van der Waals surface area (Å²) in [7, 11) is 0. The highest BCUT2D eigenvalue weighted by Crippen LogP contribution is 2.20. The second kappa shape index (κ2) is 6.55. The first-order chi connectivity index (χ1) is 8.49. The van der Waals surface area contributed by atoms with Crippen LogP contribution in [0.4, 0.5) is 4.39 Å². The average molecular weight is 307 g/mol. The zero-order valence-electron chi connectivity index (χ0n) is 10.6. The van der Waals surface area contributed by atoms with Gasteiger partial charge in [0.15, 0.2) is 0 Å². The quantitative estimate of drug-likeness (QED) is 0.867. The molecule has 1 heterocycles. The van der Waals surface area contributed by atoms with Crippen molar-refractivity contribution in [3.63, 3.8) is 0 Å². The Hall–Kier alpha value is -0.840. The van der Waals surface area contributed by atoms with Crippen molar-refractivity contribution < 1.29 is 9.18 Å². The molecule has 6 heteroatoms. The summed E-state index contributed by atoms with van der Waals surface area (Å²) >= 11 is 5.67. The van der Waals surface area contributed by atoms with Gasteiger partial charge in [-0.3, -0.25) is 4.79 Å². The first kappa shape index (κ1) is 16.2. The summed E-state index contributed by atoms with van der Waals surface area (Å²) in [4.78, 5) is 13.8. The first-order valence-electron chi connectivity index (χ1n) is 5.99. The topological polar surface area (TPSA) is 46.3 Å². The van der Waals surface area contributed by atoms with E-state index in [0.29, 0.717) is 13.1 Å². The van der Waals surface area contributed by atoms with Crippen molar-refractivity contribution in [2.75, 3.05) is 13.1 Å². The van der Waals surface area contributed by atoms with Gasteiger partial charge >= 0.3 is 0 Å². The molecule has 19 heavy (non-hydrogen) atoms. The molecule has 2 unspecified atom stereocenters. The zero-order chi connectivity index (χ0) is 13.3. The van der Waals surface area contributed by atoms with Gasteiger partial charge in [0, 0.05) is 24.2 Å². The van der Waals surface area contributed by atoms with Crippen molar-refractivity contribution in [2.45, 2.75) is 19.4 Å². The van der Waals surface area contributed by atoms with E-state index in [4.69, 9.17) is 17.3 Å². The molecule has 0 aliphatic carbocycles. The van der Waals surface area contributed by atoms with Gasteiger partial charge in [0.25, 0.3) is 5.91 Å². The molecular weight excluding hydrogens is 290 g/mol. The predicted octanol–water partition coefficient (Wildman–Crippen LogP) is 2.71. The molecule has 1 saturated heterocycles. The van der Waals surface area contributed by atoms with E-state index < -0.39 is 5.82 Å². The largest absolute Gasteiger partial charge is 0.338 e. The number of likely N-dealkylation sites (tertiary alicyclic amines) is 1. The molecule has 0 radical (unpaired) electrons. The summed E-state index contributed by atoms with van der Waals surface area (Å²) in [5, 5.41) is 0.290. The van der Waals surface area contributed by atoms with Crippen molar-refractivity contribution >= 4 is 29.9 Å². The molecule has 2 rings (SSSR count). The molecule has 3 nitrogen and oxygen atoms in total. The molecule has 1 amide bonds. The summed E-state index contributed by atoms with van der Waals surface area (Å²) < 4.78 is 13.7. The number of nitrogens with zero attached hydrogens (tertiary/aromatic N) is 1. The van der Waals surface area contributed by atoms with Crippen molar-refractivity contribution in [3.8, 4) is 0 Å². The summed E-state index contributed by atoms with van der Waals surface area (Å²) in [6.45, 7) is 3.15. The fourth-order valence-electron chi connectivity index (χ4n) is 2.18. The lowest BCUT2D eigenvalue weighted by molar-refractivity contribution is 0.0659. The molecule has 1 aliphatic rings. The van der Waals surface area contributed by atoms with Gasteiger partial charge in [-0.15, -0.1) is 12.4 Å². The maximum absolute atomic E-state index is 13.7. The van der Waals surface area contributed by atoms with Gasteiger partial charge in [0.2, 0.25) is 0 Å². The lowest BCUT2D eigenvalue weighted by atomic mass is 9.94. The summed E-state index contributed by atoms with van der Waals surface area (Å²) in [5.74, 6) is -0.629. The minimum Gasteiger partial charge on any atom is -0.338 e. The summed E-state index contributed by atoms with van der Waals surface area (Å²) in [6, 6.07) is 4.23. The van der Waals surface area contributed by atoms with Crippen LogP contribution in [0.3, 0.4) is 0 Å². The molecule has 106 valence electrons. The van der Waals surface area contributed by atoms with Crippen LogP contribution < -0.4 is 5.73 Å². The van der Waals surface area contributed by atoms with Crippen molar-refractivity contribution in [3.05, 3.63) is 34.6 Å². The highest BCUT2D eigenvalue weighted by atomic mass is 35.5. The van der Waals surface area contributed by atoms with Gasteiger partial charge in [0.1, 0.15) is 5.82 Å². The van der Waals surface area contributed by atoms with E-state index in [0.717, 1.165) is 12.5 Å². The number of benzene rings is 1. The summed E-state index contributed by atoms with van der Waals surface area (Å²) in [5.41, 5.74) is 5.97. The SMILES string of the molecule is CC1CN(C(=O)c2ccc(Cl)cc2F)CCC1N.Cl. The van der Waals surface area contributed by atoms with Crippen molar-refractivity contribution in [2.24, 2.45) is 11.7 Å². The molecule has 2 N–H and O–H groups in total. The fraction of sp³-hybridized carbons (Fsp3) is 0.462. The number of amides is 1. The number of carbonyl (C=O) groups excluding carboxylic acids is 1. The van der Waals surface area contributed by atoms with Crippen LogP contribution in [-0.2, 0) is 0 Å². The Morgan fingerprint density at radius 1 is 1.53 bits per heavy atom. The monoisotopic (exact) mass is 306 g/mol. The van der Waals surface area contributed by atoms with Crippen molar-refractivity contribution in [1.82, 2.24) is 4.90 Å². The normalized spacial score (nSPS) is 22.8. The first-order valence-corrected chi connectivity index (χ1v) is 6.36. The minimum absolute atomic E-state index is 0. The van der Waals surface area contributed by atoms with Crippen LogP contribution in [0.5, 0.6) is 0 Å². The third-order valence-electron chi connectivity index (χ3n) is 3.42. The van der Waals surface area contributed by atoms with Crippen LogP contribution in [0.1, 0.15) is 23.7 Å². The molecule has 1 aromatic rings. The summed E-state index contributed by atoms with van der Waals surface area (Å²) in [6.07, 6.45) is 0.752. The van der Waals surface area contributed by atoms with E-state index in [9.17, 15) is 9.18 Å². The zero-order valence-corrected chi connectivity index (χ0v) is 12.2. The maximum Gasteiger partial charge on any atom is 0.256 e. The Labute approximate surface area is 123 Å². The van der Waals surface area contributed by atoms with Gasteiger partial charge in [-0.25, -0.2) is 4.39 Å². The number of hydrogen-bond donors (Lipinski definition) is 1. The van der Waals surface area contributed by atoms with Gasteiger partial charge in [-0.2, -0.15) is 0 Å². The van der Waals surface area contributed by atoms with E-state index in [1.54, 1.807) is 4.90 Å². The lowest BCUT2D eigenvalue weighted by Gasteiger charge is -2.35. The van der Waals surface area contributed by atoms with Crippen molar-refractivity contribution in [1.29, 1.82) is 0 Å². The maximum atomic E-state index is 13.7. The Kier molecular flexibility index (Phi) is 5.59. The second-order valence-electron chi connectivity index (χ2n) is 4.81. The van der Waals surface area contributed by atoms with Gasteiger partial charge in [0.05, 0.1) is 5.56 Å². The van der Waals surface area contributed by atoms with Crippen LogP contribution in [0.15, 0.2) is 18.2 Å². The van der Waals surface area contributed by atoms with E-state index in [1.165, 1.54) is 12.1 Å². The van der Waals surface area contributed by atoms with E-state index in [2.05, 4.69) is 0 Å². The van der Waals surface area contributed by atoms with E-state index in [1.807, 2.05) is 6.92 Å². The molecule has 1 aromatic carbocycles.